The predicted octanol–water partition coefficient (Wildman–Crippen LogP) is 2.79. The number of hydrogen-bond acceptors (Lipinski definition) is 6. The summed E-state index contributed by atoms with van der Waals surface area (Å²) < 4.78 is 9.96. The largest absolute Gasteiger partial charge is 0.507 e. The lowest BCUT2D eigenvalue weighted by Crippen LogP contribution is -2.14. The number of nitrogens with zero attached hydrogens (tertiary/aromatic N) is 1. The highest BCUT2D eigenvalue weighted by Crippen LogP contribution is 2.26. The Kier molecular flexibility index (Phi) is 5.57. The van der Waals surface area contributed by atoms with Gasteiger partial charge in [-0.1, -0.05) is 12.1 Å². The average molecular weight is 315 g/mol. The smallest absolute Gasteiger partial charge is 0.344 e. The molecule has 0 fully saturated rings. The standard InChI is InChI=1S/C17H17NO5/c1-2-22-17(21)11-23-13-8-7-12(16(20)9-13)10-18-14-5-3-4-6-15(14)19/h3-10,19-20H,2,11H2,1H3. The highest BCUT2D eigenvalue weighted by atomic mass is 16.6. The monoisotopic (exact) mass is 315 g/mol. The van der Waals surface area contributed by atoms with Gasteiger partial charge in [-0.15, -0.1) is 0 Å². The summed E-state index contributed by atoms with van der Waals surface area (Å²) >= 11 is 0. The van der Waals surface area contributed by atoms with E-state index in [4.69, 9.17) is 9.47 Å². The molecule has 0 atom stereocenters. The van der Waals surface area contributed by atoms with Gasteiger partial charge in [0.15, 0.2) is 6.61 Å². The van der Waals surface area contributed by atoms with Crippen LogP contribution in [0.3, 0.4) is 0 Å². The van der Waals surface area contributed by atoms with Crippen LogP contribution in [0.1, 0.15) is 12.5 Å². The van der Waals surface area contributed by atoms with Crippen LogP contribution in [0.2, 0.25) is 0 Å². The molecule has 0 unspecified atom stereocenters. The predicted molar refractivity (Wildman–Crippen MR) is 85.6 cm³/mol. The van der Waals surface area contributed by atoms with Crippen molar-refractivity contribution in [1.82, 2.24) is 0 Å². The van der Waals surface area contributed by atoms with Crippen molar-refractivity contribution in [2.24, 2.45) is 4.99 Å². The molecule has 2 aromatic rings. The van der Waals surface area contributed by atoms with Gasteiger partial charge >= 0.3 is 5.97 Å². The minimum atomic E-state index is -0.475. The summed E-state index contributed by atoms with van der Waals surface area (Å²) in [5.74, 6) is -0.129. The molecule has 0 saturated heterocycles. The van der Waals surface area contributed by atoms with Crippen LogP contribution in [0.25, 0.3) is 0 Å². The zero-order chi connectivity index (χ0) is 16.7. The zero-order valence-electron chi connectivity index (χ0n) is 12.6. The molecule has 6 nitrogen and oxygen atoms in total. The van der Waals surface area contributed by atoms with Crippen LogP contribution in [-0.4, -0.2) is 35.6 Å². The fourth-order valence-corrected chi connectivity index (χ4v) is 1.78. The Morgan fingerprint density at radius 2 is 1.96 bits per heavy atom. The van der Waals surface area contributed by atoms with Gasteiger partial charge in [-0.2, -0.15) is 0 Å². The fourth-order valence-electron chi connectivity index (χ4n) is 1.78. The van der Waals surface area contributed by atoms with E-state index in [9.17, 15) is 15.0 Å². The molecule has 0 aliphatic heterocycles. The zero-order valence-corrected chi connectivity index (χ0v) is 12.6. The van der Waals surface area contributed by atoms with Gasteiger partial charge in [0, 0.05) is 17.8 Å². The average Bonchev–Trinajstić information content (AvgIpc) is 2.54. The van der Waals surface area contributed by atoms with Crippen molar-refractivity contribution in [1.29, 1.82) is 0 Å². The van der Waals surface area contributed by atoms with E-state index in [1.165, 1.54) is 18.3 Å². The van der Waals surface area contributed by atoms with Crippen molar-refractivity contribution in [3.8, 4) is 17.2 Å². The number of phenolic OH excluding ortho intramolecular Hbond substituents is 2. The molecule has 0 heterocycles. The van der Waals surface area contributed by atoms with Gasteiger partial charge in [-0.05, 0) is 31.2 Å². The number of aromatic hydroxyl groups is 2. The number of ether oxygens (including phenoxy) is 2. The normalized spacial score (nSPS) is 10.7. The SMILES string of the molecule is CCOC(=O)COc1ccc(C=Nc2ccccc2O)c(O)c1. The van der Waals surface area contributed by atoms with Gasteiger partial charge in [0.1, 0.15) is 22.9 Å². The van der Waals surface area contributed by atoms with Crippen LogP contribution in [0.5, 0.6) is 17.2 Å². The first kappa shape index (κ1) is 16.4. The van der Waals surface area contributed by atoms with E-state index in [1.54, 1.807) is 37.3 Å². The fraction of sp³-hybridized carbons (Fsp3) is 0.176. The molecule has 6 heteroatoms. The van der Waals surface area contributed by atoms with Crippen molar-refractivity contribution in [3.05, 3.63) is 48.0 Å². The van der Waals surface area contributed by atoms with Gasteiger partial charge in [0.05, 0.1) is 6.61 Å². The number of aliphatic imine (C=N–C) groups is 1. The second kappa shape index (κ2) is 7.84. The molecule has 0 aliphatic rings. The van der Waals surface area contributed by atoms with Crippen molar-refractivity contribution < 1.29 is 24.5 Å². The van der Waals surface area contributed by atoms with E-state index in [2.05, 4.69) is 4.99 Å². The number of para-hydroxylation sites is 2. The molecule has 23 heavy (non-hydrogen) atoms. The first-order valence-corrected chi connectivity index (χ1v) is 7.03. The van der Waals surface area contributed by atoms with Crippen molar-refractivity contribution in [3.63, 3.8) is 0 Å². The van der Waals surface area contributed by atoms with E-state index >= 15 is 0 Å². The molecule has 2 rings (SSSR count). The van der Waals surface area contributed by atoms with Gasteiger partial charge < -0.3 is 19.7 Å². The molecule has 0 spiro atoms. The maximum Gasteiger partial charge on any atom is 0.344 e. The Hall–Kier alpha value is -3.02. The lowest BCUT2D eigenvalue weighted by atomic mass is 10.2. The number of phenols is 2. The molecule has 0 amide bonds. The summed E-state index contributed by atoms with van der Waals surface area (Å²) in [6.45, 7) is 1.77. The molecule has 2 aromatic carbocycles. The summed E-state index contributed by atoms with van der Waals surface area (Å²) in [7, 11) is 0. The van der Waals surface area contributed by atoms with Gasteiger partial charge in [0.25, 0.3) is 0 Å². The maximum atomic E-state index is 11.2. The Morgan fingerprint density at radius 1 is 1.17 bits per heavy atom. The van der Waals surface area contributed by atoms with E-state index < -0.39 is 5.97 Å². The Balaban J connectivity index is 2.05. The van der Waals surface area contributed by atoms with E-state index in [0.29, 0.717) is 17.0 Å². The first-order valence-electron chi connectivity index (χ1n) is 7.03. The number of esters is 1. The maximum absolute atomic E-state index is 11.2. The highest BCUT2D eigenvalue weighted by molar-refractivity contribution is 5.86. The molecule has 0 saturated carbocycles. The first-order chi connectivity index (χ1) is 11.1. The Morgan fingerprint density at radius 3 is 2.65 bits per heavy atom. The summed E-state index contributed by atoms with van der Waals surface area (Å²) in [5, 5.41) is 19.6. The number of rotatable bonds is 6. The molecule has 0 aromatic heterocycles. The molecule has 120 valence electrons. The molecule has 0 aliphatic carbocycles. The van der Waals surface area contributed by atoms with E-state index in [1.807, 2.05) is 0 Å². The van der Waals surface area contributed by atoms with Gasteiger partial charge in [-0.3, -0.25) is 4.99 Å². The van der Waals surface area contributed by atoms with Crippen molar-refractivity contribution >= 4 is 17.9 Å². The van der Waals surface area contributed by atoms with Crippen molar-refractivity contribution in [2.45, 2.75) is 6.92 Å². The third-order valence-electron chi connectivity index (χ3n) is 2.89. The van der Waals surface area contributed by atoms with Crippen molar-refractivity contribution in [2.75, 3.05) is 13.2 Å². The van der Waals surface area contributed by atoms with Crippen LogP contribution in [0, 0.1) is 0 Å². The third kappa shape index (κ3) is 4.74. The van der Waals surface area contributed by atoms with E-state index in [0.717, 1.165) is 0 Å². The van der Waals surface area contributed by atoms with E-state index in [-0.39, 0.29) is 24.7 Å². The number of benzene rings is 2. The summed E-state index contributed by atoms with van der Waals surface area (Å²) in [6.07, 6.45) is 1.43. The molecule has 0 bridgehead atoms. The number of carbonyl (C=O) groups excluding carboxylic acids is 1. The number of carbonyl (C=O) groups is 1. The minimum Gasteiger partial charge on any atom is -0.507 e. The lowest BCUT2D eigenvalue weighted by molar-refractivity contribution is -0.145. The summed E-state index contributed by atoms with van der Waals surface area (Å²) in [5.41, 5.74) is 0.853. The van der Waals surface area contributed by atoms with Crippen LogP contribution < -0.4 is 4.74 Å². The molecule has 0 radical (unpaired) electrons. The summed E-state index contributed by atoms with van der Waals surface area (Å²) in [4.78, 5) is 15.3. The highest BCUT2D eigenvalue weighted by Gasteiger charge is 2.06. The quantitative estimate of drug-likeness (QED) is 0.632. The topological polar surface area (TPSA) is 88.4 Å². The Bertz CT molecular complexity index is 712. The number of hydrogen-bond donors (Lipinski definition) is 2. The molecular weight excluding hydrogens is 298 g/mol. The van der Waals surface area contributed by atoms with Crippen LogP contribution in [0.15, 0.2) is 47.5 Å². The van der Waals surface area contributed by atoms with Crippen LogP contribution in [0.4, 0.5) is 5.69 Å². The molecule has 2 N–H and O–H groups in total. The molecular formula is C17H17NO5. The second-order valence-electron chi connectivity index (χ2n) is 4.56. The van der Waals surface area contributed by atoms with Gasteiger partial charge in [-0.25, -0.2) is 4.79 Å². The van der Waals surface area contributed by atoms with Crippen LogP contribution in [-0.2, 0) is 9.53 Å². The minimum absolute atomic E-state index is 0.0504. The second-order valence-corrected chi connectivity index (χ2v) is 4.56. The Labute approximate surface area is 133 Å². The van der Waals surface area contributed by atoms with Crippen LogP contribution >= 0.6 is 0 Å². The lowest BCUT2D eigenvalue weighted by Gasteiger charge is -2.07. The third-order valence-corrected chi connectivity index (χ3v) is 2.89. The summed E-state index contributed by atoms with van der Waals surface area (Å²) in [6, 6.07) is 11.2. The van der Waals surface area contributed by atoms with Gasteiger partial charge in [0.2, 0.25) is 0 Å².